The van der Waals surface area contributed by atoms with Crippen LogP contribution in [0.15, 0.2) is 4.99 Å². The van der Waals surface area contributed by atoms with Crippen LogP contribution in [0.2, 0.25) is 0 Å². The maximum atomic E-state index is 11.0. The zero-order chi connectivity index (χ0) is 7.03. The van der Waals surface area contributed by atoms with Crippen LogP contribution in [-0.4, -0.2) is 24.2 Å². The fraction of sp³-hybridized carbons (Fsp3) is 0.714. The Morgan fingerprint density at radius 3 is 2.90 bits per heavy atom. The van der Waals surface area contributed by atoms with Crippen LogP contribution >= 0.6 is 0 Å². The molecule has 1 unspecified atom stereocenters. The lowest BCUT2D eigenvalue weighted by Gasteiger charge is -2.38. The predicted octanol–water partition coefficient (Wildman–Crippen LogP) is 0.110. The fourth-order valence-corrected chi connectivity index (χ4v) is 1.46. The molecule has 0 radical (unpaired) electrons. The average Bonchev–Trinajstić information content (AvgIpc) is 2.04. The van der Waals surface area contributed by atoms with E-state index in [4.69, 9.17) is 0 Å². The number of nitrogens with one attached hydrogen (secondary N) is 1. The molecule has 3 nitrogen and oxygen atoms in total. The van der Waals surface area contributed by atoms with E-state index in [0.717, 1.165) is 25.8 Å². The van der Waals surface area contributed by atoms with Gasteiger partial charge in [-0.2, -0.15) is 0 Å². The summed E-state index contributed by atoms with van der Waals surface area (Å²) in [6, 6.07) is 0. The van der Waals surface area contributed by atoms with Crippen LogP contribution in [0.25, 0.3) is 0 Å². The number of β-lactam (4-membered cyclic amide) rings is 1. The minimum absolute atomic E-state index is 0.114. The van der Waals surface area contributed by atoms with E-state index < -0.39 is 0 Å². The Morgan fingerprint density at radius 1 is 1.70 bits per heavy atom. The van der Waals surface area contributed by atoms with Crippen molar-refractivity contribution in [3.63, 3.8) is 0 Å². The first-order valence-corrected chi connectivity index (χ1v) is 3.65. The molecule has 2 aliphatic heterocycles. The van der Waals surface area contributed by atoms with E-state index in [1.54, 1.807) is 0 Å². The van der Waals surface area contributed by atoms with Crippen molar-refractivity contribution in [1.29, 1.82) is 0 Å². The Hall–Kier alpha value is -0.860. The van der Waals surface area contributed by atoms with E-state index in [0.29, 0.717) is 0 Å². The predicted molar refractivity (Wildman–Crippen MR) is 38.1 cm³/mol. The number of carbonyl (C=O) groups is 1. The molecule has 10 heavy (non-hydrogen) atoms. The highest BCUT2D eigenvalue weighted by Gasteiger charge is 2.45. The highest BCUT2D eigenvalue weighted by molar-refractivity contribution is 5.94. The molecule has 2 aliphatic rings. The van der Waals surface area contributed by atoms with Crippen LogP contribution < -0.4 is 5.32 Å². The van der Waals surface area contributed by atoms with E-state index in [-0.39, 0.29) is 11.4 Å². The number of hydrogen-bond donors (Lipinski definition) is 1. The number of carbonyl (C=O) groups excluding carboxylic acids is 1. The van der Waals surface area contributed by atoms with Crippen molar-refractivity contribution in [1.82, 2.24) is 5.32 Å². The topological polar surface area (TPSA) is 41.5 Å². The molecule has 2 heterocycles. The molecule has 0 aromatic carbocycles. The quantitative estimate of drug-likeness (QED) is 0.474. The van der Waals surface area contributed by atoms with Crippen molar-refractivity contribution in [3.8, 4) is 0 Å². The van der Waals surface area contributed by atoms with Gasteiger partial charge in [0.05, 0.1) is 6.54 Å². The van der Waals surface area contributed by atoms with Crippen LogP contribution in [0.1, 0.15) is 19.3 Å². The van der Waals surface area contributed by atoms with Crippen LogP contribution in [-0.2, 0) is 4.79 Å². The lowest BCUT2D eigenvalue weighted by molar-refractivity contribution is -0.133. The van der Waals surface area contributed by atoms with E-state index in [9.17, 15) is 4.79 Å². The number of aliphatic imine (C=N–C) groups is 1. The zero-order valence-electron chi connectivity index (χ0n) is 5.76. The molecule has 2 rings (SSSR count). The third-order valence-electron chi connectivity index (χ3n) is 2.23. The second kappa shape index (κ2) is 1.81. The Bertz CT molecular complexity index is 200. The molecule has 3 heteroatoms. The van der Waals surface area contributed by atoms with Gasteiger partial charge >= 0.3 is 0 Å². The summed E-state index contributed by atoms with van der Waals surface area (Å²) in [5.41, 5.74) is -0.321. The summed E-state index contributed by atoms with van der Waals surface area (Å²) in [5.74, 6) is 0.114. The molecule has 1 amide bonds. The molecular weight excluding hydrogens is 128 g/mol. The van der Waals surface area contributed by atoms with E-state index >= 15 is 0 Å². The number of rotatable bonds is 0. The molecule has 1 N–H and O–H groups in total. The summed E-state index contributed by atoms with van der Waals surface area (Å²) in [6.07, 6.45) is 4.96. The van der Waals surface area contributed by atoms with Gasteiger partial charge in [0, 0.05) is 6.21 Å². The molecule has 54 valence electrons. The highest BCUT2D eigenvalue weighted by atomic mass is 16.2. The van der Waals surface area contributed by atoms with Gasteiger partial charge in [-0.25, -0.2) is 0 Å². The number of amides is 1. The van der Waals surface area contributed by atoms with Crippen LogP contribution in [0, 0.1) is 0 Å². The first-order valence-electron chi connectivity index (χ1n) is 3.65. The van der Waals surface area contributed by atoms with Crippen molar-refractivity contribution < 1.29 is 4.79 Å². The normalized spacial score (nSPS) is 37.4. The molecule has 0 saturated carbocycles. The Labute approximate surface area is 59.5 Å². The third-order valence-corrected chi connectivity index (χ3v) is 2.23. The van der Waals surface area contributed by atoms with Gasteiger partial charge in [0.15, 0.2) is 5.54 Å². The molecule has 1 saturated heterocycles. The zero-order valence-corrected chi connectivity index (χ0v) is 5.76. The van der Waals surface area contributed by atoms with Gasteiger partial charge in [0.1, 0.15) is 0 Å². The van der Waals surface area contributed by atoms with Gasteiger partial charge in [-0.1, -0.05) is 0 Å². The second-order valence-electron chi connectivity index (χ2n) is 2.92. The molecule has 1 spiro atoms. The molecule has 0 aliphatic carbocycles. The molecule has 0 aromatic heterocycles. The van der Waals surface area contributed by atoms with Crippen molar-refractivity contribution in [2.24, 2.45) is 4.99 Å². The van der Waals surface area contributed by atoms with Gasteiger partial charge in [-0.3, -0.25) is 9.79 Å². The highest BCUT2D eigenvalue weighted by Crippen LogP contribution is 2.27. The van der Waals surface area contributed by atoms with E-state index in [1.165, 1.54) is 0 Å². The number of hydrogen-bond acceptors (Lipinski definition) is 2. The van der Waals surface area contributed by atoms with Crippen LogP contribution in [0.4, 0.5) is 0 Å². The summed E-state index contributed by atoms with van der Waals surface area (Å²) in [6.45, 7) is 0.752. The third kappa shape index (κ3) is 0.602. The largest absolute Gasteiger partial charge is 0.351 e. The lowest BCUT2D eigenvalue weighted by atomic mass is 9.84. The van der Waals surface area contributed by atoms with Crippen LogP contribution in [0.5, 0.6) is 0 Å². The first kappa shape index (κ1) is 5.89. The minimum Gasteiger partial charge on any atom is -0.351 e. The maximum Gasteiger partial charge on any atom is 0.249 e. The minimum atomic E-state index is -0.321. The Morgan fingerprint density at radius 2 is 2.60 bits per heavy atom. The van der Waals surface area contributed by atoms with Crippen molar-refractivity contribution in [3.05, 3.63) is 0 Å². The van der Waals surface area contributed by atoms with Crippen molar-refractivity contribution >= 4 is 12.1 Å². The summed E-state index contributed by atoms with van der Waals surface area (Å²) in [4.78, 5) is 15.2. The first-order chi connectivity index (χ1) is 4.83. The second-order valence-corrected chi connectivity index (χ2v) is 2.92. The van der Waals surface area contributed by atoms with Crippen molar-refractivity contribution in [2.75, 3.05) is 6.54 Å². The summed E-state index contributed by atoms with van der Waals surface area (Å²) in [5, 5.41) is 2.72. The Balaban J connectivity index is 2.21. The standard InChI is InChI=1S/C7H10N2O/c10-6-7(5-8-6)3-1-2-4-9-7/h4H,1-3,5H2,(H,8,10). The average molecular weight is 138 g/mol. The molecule has 1 fully saturated rings. The lowest BCUT2D eigenvalue weighted by Crippen LogP contribution is -2.64. The van der Waals surface area contributed by atoms with E-state index in [1.807, 2.05) is 6.21 Å². The Kier molecular flexibility index (Phi) is 1.07. The van der Waals surface area contributed by atoms with Gasteiger partial charge in [-0.05, 0) is 19.3 Å². The van der Waals surface area contributed by atoms with Gasteiger partial charge in [0.25, 0.3) is 0 Å². The summed E-state index contributed by atoms with van der Waals surface area (Å²) < 4.78 is 0. The fourth-order valence-electron chi connectivity index (χ4n) is 1.46. The molecule has 0 bridgehead atoms. The molecular formula is C7H10N2O. The molecule has 0 aromatic rings. The smallest absolute Gasteiger partial charge is 0.249 e. The monoisotopic (exact) mass is 138 g/mol. The SMILES string of the molecule is O=C1NCC12CCCC=N2. The summed E-state index contributed by atoms with van der Waals surface area (Å²) in [7, 11) is 0. The molecule has 1 atom stereocenters. The van der Waals surface area contributed by atoms with E-state index in [2.05, 4.69) is 10.3 Å². The van der Waals surface area contributed by atoms with Gasteiger partial charge < -0.3 is 5.32 Å². The van der Waals surface area contributed by atoms with Crippen molar-refractivity contribution in [2.45, 2.75) is 24.8 Å². The maximum absolute atomic E-state index is 11.0. The van der Waals surface area contributed by atoms with Gasteiger partial charge in [-0.15, -0.1) is 0 Å². The number of nitrogens with zero attached hydrogens (tertiary/aromatic N) is 1. The summed E-state index contributed by atoms with van der Waals surface area (Å²) >= 11 is 0. The van der Waals surface area contributed by atoms with Gasteiger partial charge in [0.2, 0.25) is 5.91 Å². The van der Waals surface area contributed by atoms with Crippen LogP contribution in [0.3, 0.4) is 0 Å².